The van der Waals surface area contributed by atoms with Gasteiger partial charge in [0.1, 0.15) is 11.5 Å². The number of nitrogens with one attached hydrogen (secondary N) is 1. The van der Waals surface area contributed by atoms with E-state index >= 15 is 0 Å². The summed E-state index contributed by atoms with van der Waals surface area (Å²) in [6.07, 6.45) is 3.35. The first-order valence-electron chi connectivity index (χ1n) is 6.02. The molecule has 0 spiro atoms. The number of aryl methyl sites for hydroxylation is 2. The second-order valence-corrected chi connectivity index (χ2v) is 5.92. The van der Waals surface area contributed by atoms with Crippen LogP contribution in [0.25, 0.3) is 0 Å². The Labute approximate surface area is 110 Å². The van der Waals surface area contributed by atoms with Crippen LogP contribution in [-0.2, 0) is 0 Å². The number of rotatable bonds is 2. The summed E-state index contributed by atoms with van der Waals surface area (Å²) in [5.74, 6) is 1.53. The summed E-state index contributed by atoms with van der Waals surface area (Å²) in [5.41, 5.74) is 1.65. The number of carbonyl (C=O) groups is 1. The molecule has 2 atom stereocenters. The number of alkyl halides is 1. The Hall–Kier alpha value is -0.770. The topological polar surface area (TPSA) is 42.2 Å². The number of hydrogen-bond acceptors (Lipinski definition) is 2. The predicted octanol–water partition coefficient (Wildman–Crippen LogP) is 3.25. The molecule has 1 N–H and O–H groups in total. The van der Waals surface area contributed by atoms with Crippen LogP contribution in [-0.4, -0.2) is 16.8 Å². The molecule has 2 rings (SSSR count). The standard InChI is InChI=1S/C13H18BrNO2/c1-7-8(2)17-9(3)12(7)13(16)15-11-6-4-5-10(11)14/h10-11H,4-6H2,1-3H3,(H,15,16). The second kappa shape index (κ2) is 4.84. The molecule has 1 aromatic rings. The fourth-order valence-electron chi connectivity index (χ4n) is 2.45. The minimum atomic E-state index is -0.00630. The fourth-order valence-corrected chi connectivity index (χ4v) is 3.17. The van der Waals surface area contributed by atoms with Crippen LogP contribution in [0.5, 0.6) is 0 Å². The van der Waals surface area contributed by atoms with Gasteiger partial charge in [0.15, 0.2) is 0 Å². The first-order valence-corrected chi connectivity index (χ1v) is 6.93. The van der Waals surface area contributed by atoms with Gasteiger partial charge in [-0.3, -0.25) is 4.79 Å². The van der Waals surface area contributed by atoms with E-state index in [4.69, 9.17) is 4.42 Å². The van der Waals surface area contributed by atoms with E-state index < -0.39 is 0 Å². The largest absolute Gasteiger partial charge is 0.466 e. The lowest BCUT2D eigenvalue weighted by atomic mass is 10.1. The van der Waals surface area contributed by atoms with Gasteiger partial charge in [-0.25, -0.2) is 0 Å². The van der Waals surface area contributed by atoms with Gasteiger partial charge in [0, 0.05) is 16.4 Å². The molecule has 1 heterocycles. The van der Waals surface area contributed by atoms with Crippen molar-refractivity contribution < 1.29 is 9.21 Å². The van der Waals surface area contributed by atoms with E-state index in [-0.39, 0.29) is 11.9 Å². The molecule has 4 heteroatoms. The van der Waals surface area contributed by atoms with E-state index in [1.807, 2.05) is 20.8 Å². The van der Waals surface area contributed by atoms with Crippen molar-refractivity contribution >= 4 is 21.8 Å². The van der Waals surface area contributed by atoms with Gasteiger partial charge < -0.3 is 9.73 Å². The monoisotopic (exact) mass is 299 g/mol. The van der Waals surface area contributed by atoms with Gasteiger partial charge in [-0.05, 0) is 33.6 Å². The van der Waals surface area contributed by atoms with Crippen molar-refractivity contribution in [1.29, 1.82) is 0 Å². The van der Waals surface area contributed by atoms with Crippen LogP contribution in [0.4, 0.5) is 0 Å². The first-order chi connectivity index (χ1) is 8.00. The molecule has 2 unspecified atom stereocenters. The maximum Gasteiger partial charge on any atom is 0.255 e. The Kier molecular flexibility index (Phi) is 3.61. The molecule has 0 saturated heterocycles. The van der Waals surface area contributed by atoms with E-state index in [2.05, 4.69) is 21.2 Å². The highest BCUT2D eigenvalue weighted by Gasteiger charge is 2.28. The van der Waals surface area contributed by atoms with Crippen LogP contribution in [0.15, 0.2) is 4.42 Å². The average molecular weight is 300 g/mol. The molecule has 17 heavy (non-hydrogen) atoms. The van der Waals surface area contributed by atoms with Crippen LogP contribution < -0.4 is 5.32 Å². The third-order valence-electron chi connectivity index (χ3n) is 3.54. The minimum Gasteiger partial charge on any atom is -0.466 e. The first kappa shape index (κ1) is 12.7. The maximum atomic E-state index is 12.2. The van der Waals surface area contributed by atoms with Gasteiger partial charge in [0.05, 0.1) is 5.56 Å². The van der Waals surface area contributed by atoms with Gasteiger partial charge in [-0.15, -0.1) is 0 Å². The van der Waals surface area contributed by atoms with Crippen molar-refractivity contribution in [2.24, 2.45) is 0 Å². The van der Waals surface area contributed by atoms with Crippen LogP contribution in [0.2, 0.25) is 0 Å². The summed E-state index contributed by atoms with van der Waals surface area (Å²) < 4.78 is 5.49. The van der Waals surface area contributed by atoms with Crippen molar-refractivity contribution in [3.8, 4) is 0 Å². The molecular weight excluding hydrogens is 282 g/mol. The van der Waals surface area contributed by atoms with Crippen molar-refractivity contribution in [2.45, 2.75) is 50.9 Å². The zero-order valence-corrected chi connectivity index (χ0v) is 12.1. The summed E-state index contributed by atoms with van der Waals surface area (Å²) in [6, 6.07) is 0.247. The van der Waals surface area contributed by atoms with E-state index in [1.165, 1.54) is 6.42 Å². The molecule has 1 aliphatic carbocycles. The van der Waals surface area contributed by atoms with Gasteiger partial charge in [-0.1, -0.05) is 22.4 Å². The zero-order valence-electron chi connectivity index (χ0n) is 10.5. The lowest BCUT2D eigenvalue weighted by molar-refractivity contribution is 0.0937. The zero-order chi connectivity index (χ0) is 12.6. The van der Waals surface area contributed by atoms with Crippen LogP contribution in [0.1, 0.15) is 46.7 Å². The highest BCUT2D eigenvalue weighted by atomic mass is 79.9. The normalized spacial score (nSPS) is 24.0. The Morgan fingerprint density at radius 1 is 1.29 bits per heavy atom. The van der Waals surface area contributed by atoms with Crippen molar-refractivity contribution in [2.75, 3.05) is 0 Å². The summed E-state index contributed by atoms with van der Waals surface area (Å²) in [7, 11) is 0. The smallest absolute Gasteiger partial charge is 0.255 e. The molecule has 0 radical (unpaired) electrons. The van der Waals surface area contributed by atoms with Crippen LogP contribution >= 0.6 is 15.9 Å². The number of carbonyl (C=O) groups excluding carboxylic acids is 1. The Bertz CT molecular complexity index is 439. The number of furan rings is 1. The summed E-state index contributed by atoms with van der Waals surface area (Å²) in [5, 5.41) is 3.09. The third-order valence-corrected chi connectivity index (χ3v) is 4.63. The second-order valence-electron chi connectivity index (χ2n) is 4.74. The summed E-state index contributed by atoms with van der Waals surface area (Å²) in [4.78, 5) is 12.6. The van der Waals surface area contributed by atoms with E-state index in [0.29, 0.717) is 16.2 Å². The Balaban J connectivity index is 2.14. The number of hydrogen-bond donors (Lipinski definition) is 1. The molecule has 1 saturated carbocycles. The lowest BCUT2D eigenvalue weighted by Crippen LogP contribution is -2.38. The van der Waals surface area contributed by atoms with Crippen molar-refractivity contribution in [3.05, 3.63) is 22.6 Å². The van der Waals surface area contributed by atoms with Crippen LogP contribution in [0, 0.1) is 20.8 Å². The van der Waals surface area contributed by atoms with E-state index in [1.54, 1.807) is 0 Å². The molecule has 0 aliphatic heterocycles. The highest BCUT2D eigenvalue weighted by Crippen LogP contribution is 2.27. The Morgan fingerprint density at radius 3 is 2.47 bits per heavy atom. The average Bonchev–Trinajstić information content (AvgIpc) is 2.74. The number of halogens is 1. The van der Waals surface area contributed by atoms with Gasteiger partial charge >= 0.3 is 0 Å². The minimum absolute atomic E-state index is 0.00630. The van der Waals surface area contributed by atoms with Crippen molar-refractivity contribution in [3.63, 3.8) is 0 Å². The van der Waals surface area contributed by atoms with Crippen molar-refractivity contribution in [1.82, 2.24) is 5.32 Å². The molecule has 3 nitrogen and oxygen atoms in total. The van der Waals surface area contributed by atoms with E-state index in [0.717, 1.165) is 24.2 Å². The molecule has 0 bridgehead atoms. The SMILES string of the molecule is Cc1oc(C)c(C(=O)NC2CCCC2Br)c1C. The summed E-state index contributed by atoms with van der Waals surface area (Å²) >= 11 is 3.61. The quantitative estimate of drug-likeness (QED) is 0.852. The highest BCUT2D eigenvalue weighted by molar-refractivity contribution is 9.09. The van der Waals surface area contributed by atoms with Gasteiger partial charge in [0.2, 0.25) is 0 Å². The molecular formula is C13H18BrNO2. The lowest BCUT2D eigenvalue weighted by Gasteiger charge is -2.16. The third kappa shape index (κ3) is 2.41. The Morgan fingerprint density at radius 2 is 2.00 bits per heavy atom. The van der Waals surface area contributed by atoms with Gasteiger partial charge in [-0.2, -0.15) is 0 Å². The molecule has 0 aromatic carbocycles. The van der Waals surface area contributed by atoms with E-state index in [9.17, 15) is 4.79 Å². The molecule has 1 aliphatic rings. The predicted molar refractivity (Wildman–Crippen MR) is 70.7 cm³/mol. The molecule has 1 aromatic heterocycles. The maximum absolute atomic E-state index is 12.2. The molecule has 1 fully saturated rings. The molecule has 1 amide bonds. The number of amides is 1. The van der Waals surface area contributed by atoms with Gasteiger partial charge in [0.25, 0.3) is 5.91 Å². The van der Waals surface area contributed by atoms with Crippen LogP contribution in [0.3, 0.4) is 0 Å². The summed E-state index contributed by atoms with van der Waals surface area (Å²) in [6.45, 7) is 5.66. The molecule has 94 valence electrons. The fraction of sp³-hybridized carbons (Fsp3) is 0.615.